The first-order valence-corrected chi connectivity index (χ1v) is 6.97. The van der Waals surface area contributed by atoms with E-state index in [1.807, 2.05) is 0 Å². The van der Waals surface area contributed by atoms with E-state index in [2.05, 4.69) is 20.3 Å². The largest absolute Gasteiger partial charge is 0.476 e. The quantitative estimate of drug-likeness (QED) is 0.880. The molecule has 0 aliphatic carbocycles. The van der Waals surface area contributed by atoms with Crippen molar-refractivity contribution in [3.63, 3.8) is 0 Å². The van der Waals surface area contributed by atoms with Gasteiger partial charge >= 0.3 is 5.97 Å². The van der Waals surface area contributed by atoms with Gasteiger partial charge in [-0.1, -0.05) is 23.2 Å². The SMILES string of the molecule is O=C(O)c1nc(-c2ncc(Cl)cc2Cl)nc2c1CCNC2. The number of nitrogens with one attached hydrogen (secondary N) is 1. The molecule has 0 aromatic carbocycles. The molecule has 0 spiro atoms. The van der Waals surface area contributed by atoms with Crippen LogP contribution in [0.4, 0.5) is 0 Å². The highest BCUT2D eigenvalue weighted by Crippen LogP contribution is 2.27. The first-order valence-electron chi connectivity index (χ1n) is 6.21. The van der Waals surface area contributed by atoms with Gasteiger partial charge < -0.3 is 10.4 Å². The molecule has 0 saturated carbocycles. The average Bonchev–Trinajstić information content (AvgIpc) is 2.46. The van der Waals surface area contributed by atoms with Crippen molar-refractivity contribution in [1.29, 1.82) is 0 Å². The standard InChI is InChI=1S/C13H10Cl2N4O2/c14-6-3-8(15)11(17-4-6)12-18-9-5-16-2-1-7(9)10(19-12)13(20)21/h3-4,16H,1-2,5H2,(H,20,21). The number of nitrogens with zero attached hydrogens (tertiary/aromatic N) is 3. The summed E-state index contributed by atoms with van der Waals surface area (Å²) in [6.45, 7) is 1.20. The number of rotatable bonds is 2. The molecule has 0 amide bonds. The molecule has 1 aliphatic rings. The first kappa shape index (κ1) is 14.2. The Labute approximate surface area is 130 Å². The molecule has 0 saturated heterocycles. The van der Waals surface area contributed by atoms with Crippen LogP contribution >= 0.6 is 23.2 Å². The van der Waals surface area contributed by atoms with Crippen LogP contribution in [0.15, 0.2) is 12.3 Å². The molecular weight excluding hydrogens is 315 g/mol. The Kier molecular flexibility index (Phi) is 3.75. The maximum atomic E-state index is 11.4. The fourth-order valence-corrected chi connectivity index (χ4v) is 2.69. The monoisotopic (exact) mass is 324 g/mol. The lowest BCUT2D eigenvalue weighted by Crippen LogP contribution is -2.27. The van der Waals surface area contributed by atoms with E-state index in [1.165, 1.54) is 12.3 Å². The number of fused-ring (bicyclic) bond motifs is 1. The molecule has 0 unspecified atom stereocenters. The lowest BCUT2D eigenvalue weighted by Gasteiger charge is -2.18. The van der Waals surface area contributed by atoms with Gasteiger partial charge in [0.05, 0.1) is 15.7 Å². The molecule has 0 bridgehead atoms. The van der Waals surface area contributed by atoms with Gasteiger partial charge in [0.25, 0.3) is 0 Å². The van der Waals surface area contributed by atoms with E-state index >= 15 is 0 Å². The summed E-state index contributed by atoms with van der Waals surface area (Å²) < 4.78 is 0. The van der Waals surface area contributed by atoms with Crippen molar-refractivity contribution in [2.24, 2.45) is 0 Å². The van der Waals surface area contributed by atoms with Gasteiger partial charge in [-0.2, -0.15) is 0 Å². The molecule has 2 N–H and O–H groups in total. The van der Waals surface area contributed by atoms with Gasteiger partial charge in [-0.3, -0.25) is 0 Å². The normalized spacial score (nSPS) is 13.8. The van der Waals surface area contributed by atoms with E-state index in [1.54, 1.807) is 0 Å². The topological polar surface area (TPSA) is 88.0 Å². The second kappa shape index (κ2) is 5.55. The van der Waals surface area contributed by atoms with Crippen molar-refractivity contribution in [3.05, 3.63) is 39.3 Å². The van der Waals surface area contributed by atoms with Gasteiger partial charge in [-0.15, -0.1) is 0 Å². The minimum Gasteiger partial charge on any atom is -0.476 e. The van der Waals surface area contributed by atoms with Gasteiger partial charge in [0.15, 0.2) is 11.5 Å². The molecular formula is C13H10Cl2N4O2. The van der Waals surface area contributed by atoms with Crippen molar-refractivity contribution in [2.45, 2.75) is 13.0 Å². The predicted octanol–water partition coefficient (Wildman–Crippen LogP) is 2.19. The maximum absolute atomic E-state index is 11.4. The van der Waals surface area contributed by atoms with Crippen molar-refractivity contribution in [2.75, 3.05) is 6.54 Å². The number of halogens is 2. The second-order valence-electron chi connectivity index (χ2n) is 4.54. The molecule has 21 heavy (non-hydrogen) atoms. The highest BCUT2D eigenvalue weighted by Gasteiger charge is 2.23. The van der Waals surface area contributed by atoms with Crippen LogP contribution < -0.4 is 5.32 Å². The third-order valence-electron chi connectivity index (χ3n) is 3.16. The summed E-state index contributed by atoms with van der Waals surface area (Å²) in [6.07, 6.45) is 2.00. The Bertz CT molecular complexity index is 736. The summed E-state index contributed by atoms with van der Waals surface area (Å²) in [5.74, 6) is -0.890. The number of aromatic nitrogens is 3. The van der Waals surface area contributed by atoms with Crippen LogP contribution in [0.25, 0.3) is 11.5 Å². The van der Waals surface area contributed by atoms with Crippen molar-refractivity contribution in [1.82, 2.24) is 20.3 Å². The molecule has 3 rings (SSSR count). The second-order valence-corrected chi connectivity index (χ2v) is 5.38. The molecule has 8 heteroatoms. The summed E-state index contributed by atoms with van der Waals surface area (Å²) in [4.78, 5) is 24.0. The fourth-order valence-electron chi connectivity index (χ4n) is 2.22. The fraction of sp³-hybridized carbons (Fsp3) is 0.231. The van der Waals surface area contributed by atoms with Gasteiger partial charge in [0, 0.05) is 18.3 Å². The van der Waals surface area contributed by atoms with Crippen molar-refractivity contribution >= 4 is 29.2 Å². The number of carboxylic acid groups (broad SMARTS) is 1. The smallest absolute Gasteiger partial charge is 0.354 e. The van der Waals surface area contributed by atoms with E-state index < -0.39 is 5.97 Å². The van der Waals surface area contributed by atoms with Gasteiger partial charge in [-0.05, 0) is 19.0 Å². The molecule has 2 aromatic heterocycles. The highest BCUT2D eigenvalue weighted by atomic mass is 35.5. The Balaban J connectivity index is 2.19. The Morgan fingerprint density at radius 3 is 2.86 bits per heavy atom. The lowest BCUT2D eigenvalue weighted by molar-refractivity contribution is 0.0688. The zero-order valence-corrected chi connectivity index (χ0v) is 12.2. The van der Waals surface area contributed by atoms with Crippen molar-refractivity contribution in [3.8, 4) is 11.5 Å². The zero-order chi connectivity index (χ0) is 15.0. The minimum atomic E-state index is -1.08. The molecule has 0 fully saturated rings. The number of hydrogen-bond donors (Lipinski definition) is 2. The molecule has 3 heterocycles. The number of hydrogen-bond acceptors (Lipinski definition) is 5. The van der Waals surface area contributed by atoms with Crippen LogP contribution in [0, 0.1) is 0 Å². The van der Waals surface area contributed by atoms with Gasteiger partial charge in [0.2, 0.25) is 0 Å². The summed E-state index contributed by atoms with van der Waals surface area (Å²) in [6, 6.07) is 1.52. The van der Waals surface area contributed by atoms with Crippen LogP contribution in [0.5, 0.6) is 0 Å². The van der Waals surface area contributed by atoms with E-state index in [4.69, 9.17) is 23.2 Å². The summed E-state index contributed by atoms with van der Waals surface area (Å²) in [5.41, 5.74) is 1.65. The van der Waals surface area contributed by atoms with Crippen LogP contribution in [-0.2, 0) is 13.0 Å². The van der Waals surface area contributed by atoms with Crippen LogP contribution in [-0.4, -0.2) is 32.6 Å². The van der Waals surface area contributed by atoms with Crippen LogP contribution in [0.3, 0.4) is 0 Å². The van der Waals surface area contributed by atoms with Gasteiger partial charge in [0.1, 0.15) is 5.69 Å². The first-order chi connectivity index (χ1) is 10.1. The Hall–Kier alpha value is -1.76. The zero-order valence-electron chi connectivity index (χ0n) is 10.7. The molecule has 2 aromatic rings. The van der Waals surface area contributed by atoms with Crippen molar-refractivity contribution < 1.29 is 9.90 Å². The third kappa shape index (κ3) is 2.70. The molecule has 6 nitrogen and oxygen atoms in total. The van der Waals surface area contributed by atoms with E-state index in [0.717, 1.165) is 0 Å². The number of carboxylic acids is 1. The van der Waals surface area contributed by atoms with E-state index in [0.29, 0.717) is 41.5 Å². The lowest BCUT2D eigenvalue weighted by atomic mass is 10.0. The summed E-state index contributed by atoms with van der Waals surface area (Å²) >= 11 is 11.9. The predicted molar refractivity (Wildman–Crippen MR) is 77.7 cm³/mol. The Morgan fingerprint density at radius 2 is 2.14 bits per heavy atom. The number of carbonyl (C=O) groups is 1. The van der Waals surface area contributed by atoms with Crippen LogP contribution in [0.1, 0.15) is 21.7 Å². The number of aromatic carboxylic acids is 1. The molecule has 108 valence electrons. The van der Waals surface area contributed by atoms with Crippen LogP contribution in [0.2, 0.25) is 10.0 Å². The maximum Gasteiger partial charge on any atom is 0.354 e. The average molecular weight is 325 g/mol. The van der Waals surface area contributed by atoms with Gasteiger partial charge in [-0.25, -0.2) is 19.7 Å². The highest BCUT2D eigenvalue weighted by molar-refractivity contribution is 6.35. The minimum absolute atomic E-state index is 0.00400. The molecule has 1 aliphatic heterocycles. The Morgan fingerprint density at radius 1 is 1.33 bits per heavy atom. The number of pyridine rings is 1. The summed E-state index contributed by atoms with van der Waals surface area (Å²) in [5, 5.41) is 13.2. The van der Waals surface area contributed by atoms with E-state index in [-0.39, 0.29) is 16.5 Å². The third-order valence-corrected chi connectivity index (χ3v) is 3.65. The molecule has 0 atom stereocenters. The summed E-state index contributed by atoms with van der Waals surface area (Å²) in [7, 11) is 0. The molecule has 0 radical (unpaired) electrons. The van der Waals surface area contributed by atoms with E-state index in [9.17, 15) is 9.90 Å².